The molecule has 1 aromatic rings. The Hall–Kier alpha value is -1.13. The number of aliphatic hydroxyl groups excluding tert-OH is 1. The van der Waals surface area contributed by atoms with Crippen molar-refractivity contribution in [3.8, 4) is 0 Å². The summed E-state index contributed by atoms with van der Waals surface area (Å²) in [5.41, 5.74) is 0.881. The van der Waals surface area contributed by atoms with Crippen LogP contribution in [0.25, 0.3) is 0 Å². The molecule has 0 amide bonds. The summed E-state index contributed by atoms with van der Waals surface area (Å²) in [6, 6.07) is 3.73. The summed E-state index contributed by atoms with van der Waals surface area (Å²) in [6.45, 7) is 7.25. The number of hydrogen-bond donors (Lipinski definition) is 1. The lowest BCUT2D eigenvalue weighted by Crippen LogP contribution is -2.24. The quantitative estimate of drug-likeness (QED) is 0.823. The van der Waals surface area contributed by atoms with Crippen LogP contribution in [0.2, 0.25) is 0 Å². The smallest absolute Gasteiger partial charge is 0.128 e. The van der Waals surface area contributed by atoms with Crippen LogP contribution in [-0.4, -0.2) is 36.4 Å². The predicted octanol–water partition coefficient (Wildman–Crippen LogP) is 2.00. The molecule has 4 nitrogen and oxygen atoms in total. The molecule has 0 fully saturated rings. The largest absolute Gasteiger partial charge is 0.389 e. The standard InChI is InChI=1S/C13H22N2O2/c1-10(2)17-8-7-15(4)13-9-12(11(3)16)5-6-14-13/h5-6,9-11,16H,7-8H2,1-4H3/t11-/m1/s1. The number of likely N-dealkylation sites (N-methyl/N-ethyl adjacent to an activating group) is 1. The van der Waals surface area contributed by atoms with Gasteiger partial charge in [-0.15, -0.1) is 0 Å². The van der Waals surface area contributed by atoms with Crippen LogP contribution < -0.4 is 4.90 Å². The SMILES string of the molecule is CC(C)OCCN(C)c1cc([C@@H](C)O)ccn1. The van der Waals surface area contributed by atoms with Crippen molar-refractivity contribution in [2.24, 2.45) is 0 Å². The third-order valence-corrected chi connectivity index (χ3v) is 2.52. The van der Waals surface area contributed by atoms with Crippen molar-refractivity contribution in [1.82, 2.24) is 4.98 Å². The average Bonchev–Trinajstić information content (AvgIpc) is 2.28. The molecule has 0 aromatic carbocycles. The third-order valence-electron chi connectivity index (χ3n) is 2.52. The molecular weight excluding hydrogens is 216 g/mol. The number of ether oxygens (including phenoxy) is 1. The van der Waals surface area contributed by atoms with E-state index in [0.29, 0.717) is 6.61 Å². The Balaban J connectivity index is 2.56. The molecule has 96 valence electrons. The van der Waals surface area contributed by atoms with Gasteiger partial charge >= 0.3 is 0 Å². The number of nitrogens with zero attached hydrogens (tertiary/aromatic N) is 2. The zero-order valence-electron chi connectivity index (χ0n) is 11.1. The summed E-state index contributed by atoms with van der Waals surface area (Å²) in [6.07, 6.45) is 1.51. The Bertz CT molecular complexity index is 340. The Morgan fingerprint density at radius 2 is 2.12 bits per heavy atom. The molecule has 0 saturated carbocycles. The van der Waals surface area contributed by atoms with Crippen LogP contribution in [0.4, 0.5) is 5.82 Å². The van der Waals surface area contributed by atoms with Crippen molar-refractivity contribution in [2.45, 2.75) is 33.0 Å². The molecule has 0 spiro atoms. The van der Waals surface area contributed by atoms with Gasteiger partial charge in [0, 0.05) is 19.8 Å². The van der Waals surface area contributed by atoms with Crippen LogP contribution in [0.3, 0.4) is 0 Å². The summed E-state index contributed by atoms with van der Waals surface area (Å²) in [4.78, 5) is 6.30. The fourth-order valence-electron chi connectivity index (χ4n) is 1.44. The molecule has 0 aliphatic heterocycles. The van der Waals surface area contributed by atoms with Gasteiger partial charge in [0.2, 0.25) is 0 Å². The van der Waals surface area contributed by atoms with E-state index >= 15 is 0 Å². The first-order valence-electron chi connectivity index (χ1n) is 5.97. The lowest BCUT2D eigenvalue weighted by Gasteiger charge is -2.19. The van der Waals surface area contributed by atoms with Gasteiger partial charge in [-0.25, -0.2) is 4.98 Å². The minimum atomic E-state index is -0.461. The molecule has 17 heavy (non-hydrogen) atoms. The van der Waals surface area contributed by atoms with Crippen molar-refractivity contribution >= 4 is 5.82 Å². The van der Waals surface area contributed by atoms with Crippen LogP contribution in [0.15, 0.2) is 18.3 Å². The molecule has 0 aliphatic rings. The van der Waals surface area contributed by atoms with Gasteiger partial charge in [0.05, 0.1) is 18.8 Å². The van der Waals surface area contributed by atoms with Crippen molar-refractivity contribution in [1.29, 1.82) is 0 Å². The molecular formula is C13H22N2O2. The number of rotatable bonds is 6. The highest BCUT2D eigenvalue weighted by Gasteiger charge is 2.06. The van der Waals surface area contributed by atoms with Crippen LogP contribution in [-0.2, 0) is 4.74 Å². The summed E-state index contributed by atoms with van der Waals surface area (Å²) in [5, 5.41) is 9.51. The van der Waals surface area contributed by atoms with Crippen molar-refractivity contribution < 1.29 is 9.84 Å². The maximum absolute atomic E-state index is 9.51. The zero-order valence-corrected chi connectivity index (χ0v) is 11.1. The van der Waals surface area contributed by atoms with E-state index in [0.717, 1.165) is 17.9 Å². The Morgan fingerprint density at radius 1 is 1.41 bits per heavy atom. The second-order valence-corrected chi connectivity index (χ2v) is 4.46. The molecule has 1 N–H and O–H groups in total. The lowest BCUT2D eigenvalue weighted by molar-refractivity contribution is 0.0845. The van der Waals surface area contributed by atoms with Crippen LogP contribution in [0.5, 0.6) is 0 Å². The van der Waals surface area contributed by atoms with Gasteiger partial charge in [-0.2, -0.15) is 0 Å². The fraction of sp³-hybridized carbons (Fsp3) is 0.615. The van der Waals surface area contributed by atoms with Gasteiger partial charge in [0.1, 0.15) is 5.82 Å². The molecule has 1 heterocycles. The van der Waals surface area contributed by atoms with E-state index in [1.807, 2.05) is 37.9 Å². The molecule has 1 atom stereocenters. The predicted molar refractivity (Wildman–Crippen MR) is 69.2 cm³/mol. The topological polar surface area (TPSA) is 45.6 Å². The van der Waals surface area contributed by atoms with Crippen LogP contribution in [0.1, 0.15) is 32.4 Å². The number of aliphatic hydroxyl groups is 1. The van der Waals surface area contributed by atoms with E-state index in [-0.39, 0.29) is 6.10 Å². The van der Waals surface area contributed by atoms with Gasteiger partial charge < -0.3 is 14.7 Å². The fourth-order valence-corrected chi connectivity index (χ4v) is 1.44. The van der Waals surface area contributed by atoms with Gasteiger partial charge in [-0.05, 0) is 38.5 Å². The van der Waals surface area contributed by atoms with Gasteiger partial charge in [-0.1, -0.05) is 0 Å². The minimum Gasteiger partial charge on any atom is -0.389 e. The van der Waals surface area contributed by atoms with E-state index in [2.05, 4.69) is 4.98 Å². The minimum absolute atomic E-state index is 0.250. The van der Waals surface area contributed by atoms with Crippen molar-refractivity contribution in [2.75, 3.05) is 25.1 Å². The molecule has 1 rings (SSSR count). The molecule has 0 unspecified atom stereocenters. The summed E-state index contributed by atoms with van der Waals surface area (Å²) in [5.74, 6) is 0.857. The van der Waals surface area contributed by atoms with E-state index in [9.17, 15) is 5.11 Å². The molecule has 0 saturated heterocycles. The average molecular weight is 238 g/mol. The van der Waals surface area contributed by atoms with E-state index in [4.69, 9.17) is 4.74 Å². The second-order valence-electron chi connectivity index (χ2n) is 4.46. The van der Waals surface area contributed by atoms with E-state index < -0.39 is 6.10 Å². The lowest BCUT2D eigenvalue weighted by atomic mass is 10.2. The van der Waals surface area contributed by atoms with Crippen molar-refractivity contribution in [3.63, 3.8) is 0 Å². The Kier molecular flexibility index (Phi) is 5.38. The molecule has 0 radical (unpaired) electrons. The summed E-state index contributed by atoms with van der Waals surface area (Å²) < 4.78 is 5.49. The zero-order chi connectivity index (χ0) is 12.8. The number of pyridine rings is 1. The van der Waals surface area contributed by atoms with Gasteiger partial charge in [-0.3, -0.25) is 0 Å². The van der Waals surface area contributed by atoms with Gasteiger partial charge in [0.25, 0.3) is 0 Å². The van der Waals surface area contributed by atoms with E-state index in [1.165, 1.54) is 0 Å². The first kappa shape index (κ1) is 13.9. The summed E-state index contributed by atoms with van der Waals surface area (Å²) in [7, 11) is 1.97. The molecule has 0 bridgehead atoms. The first-order valence-corrected chi connectivity index (χ1v) is 5.97. The van der Waals surface area contributed by atoms with E-state index in [1.54, 1.807) is 13.1 Å². The maximum atomic E-state index is 9.51. The number of anilines is 1. The molecule has 1 aromatic heterocycles. The highest BCUT2D eigenvalue weighted by atomic mass is 16.5. The summed E-state index contributed by atoms with van der Waals surface area (Å²) >= 11 is 0. The Morgan fingerprint density at radius 3 is 2.71 bits per heavy atom. The van der Waals surface area contributed by atoms with Gasteiger partial charge in [0.15, 0.2) is 0 Å². The third kappa shape index (κ3) is 4.71. The molecule has 0 aliphatic carbocycles. The second kappa shape index (κ2) is 6.57. The first-order chi connectivity index (χ1) is 8.00. The highest BCUT2D eigenvalue weighted by Crippen LogP contribution is 2.16. The number of hydrogen-bond acceptors (Lipinski definition) is 4. The van der Waals surface area contributed by atoms with Crippen LogP contribution in [0, 0.1) is 0 Å². The van der Waals surface area contributed by atoms with Crippen molar-refractivity contribution in [3.05, 3.63) is 23.9 Å². The monoisotopic (exact) mass is 238 g/mol. The Labute approximate surface area is 103 Å². The normalized spacial score (nSPS) is 12.8. The highest BCUT2D eigenvalue weighted by molar-refractivity contribution is 5.40. The maximum Gasteiger partial charge on any atom is 0.128 e. The molecule has 4 heteroatoms. The number of aromatic nitrogens is 1. The van der Waals surface area contributed by atoms with Crippen LogP contribution >= 0.6 is 0 Å².